The molecule has 0 atom stereocenters. The minimum atomic E-state index is -0.0235. The van der Waals surface area contributed by atoms with Crippen molar-refractivity contribution in [1.82, 2.24) is 4.90 Å². The van der Waals surface area contributed by atoms with Crippen molar-refractivity contribution in [2.45, 2.75) is 6.92 Å². The number of ether oxygens (including phenoxy) is 2. The number of anilines is 2. The second-order valence-electron chi connectivity index (χ2n) is 6.69. The van der Waals surface area contributed by atoms with Gasteiger partial charge in [0.25, 0.3) is 0 Å². The van der Waals surface area contributed by atoms with E-state index in [0.717, 1.165) is 48.9 Å². The van der Waals surface area contributed by atoms with Crippen LogP contribution in [0, 0.1) is 6.92 Å². The summed E-state index contributed by atoms with van der Waals surface area (Å²) in [5.41, 5.74) is 2.90. The zero-order valence-electron chi connectivity index (χ0n) is 16.2. The smallest absolute Gasteiger partial charge is 0.238 e. The molecule has 1 fully saturated rings. The lowest BCUT2D eigenvalue weighted by molar-refractivity contribution is -0.117. The number of hydrogen-bond donors (Lipinski definition) is 1. The first-order valence-electron chi connectivity index (χ1n) is 9.15. The zero-order chi connectivity index (χ0) is 19.2. The van der Waals surface area contributed by atoms with Crippen molar-refractivity contribution < 1.29 is 14.3 Å². The number of aryl methyl sites for hydroxylation is 1. The largest absolute Gasteiger partial charge is 0.495 e. The SMILES string of the molecule is COc1ccc(C)cc1NC(=O)CN1CCN(c2ccccc2OC)CC1. The van der Waals surface area contributed by atoms with Gasteiger partial charge in [0.05, 0.1) is 32.1 Å². The third-order valence-electron chi connectivity index (χ3n) is 4.79. The molecular weight excluding hydrogens is 342 g/mol. The summed E-state index contributed by atoms with van der Waals surface area (Å²) < 4.78 is 10.8. The first-order valence-corrected chi connectivity index (χ1v) is 9.15. The predicted molar refractivity (Wildman–Crippen MR) is 108 cm³/mol. The van der Waals surface area contributed by atoms with Gasteiger partial charge in [0, 0.05) is 26.2 Å². The number of carbonyl (C=O) groups is 1. The normalized spacial score (nSPS) is 14.7. The average molecular weight is 369 g/mol. The van der Waals surface area contributed by atoms with Crippen molar-refractivity contribution in [1.29, 1.82) is 0 Å². The number of benzene rings is 2. The Bertz CT molecular complexity index is 786. The molecular formula is C21H27N3O3. The molecule has 6 heteroatoms. The molecule has 0 saturated carbocycles. The van der Waals surface area contributed by atoms with Crippen LogP contribution in [0.2, 0.25) is 0 Å². The molecule has 0 aliphatic carbocycles. The van der Waals surface area contributed by atoms with Crippen molar-refractivity contribution >= 4 is 17.3 Å². The van der Waals surface area contributed by atoms with Crippen LogP contribution in [0.15, 0.2) is 42.5 Å². The Morgan fingerprint density at radius 3 is 2.41 bits per heavy atom. The molecule has 1 N–H and O–H groups in total. The van der Waals surface area contributed by atoms with Gasteiger partial charge in [-0.25, -0.2) is 0 Å². The van der Waals surface area contributed by atoms with Crippen molar-refractivity contribution in [3.05, 3.63) is 48.0 Å². The van der Waals surface area contributed by atoms with E-state index in [1.54, 1.807) is 14.2 Å². The Morgan fingerprint density at radius 1 is 1.00 bits per heavy atom. The molecule has 0 bridgehead atoms. The highest BCUT2D eigenvalue weighted by Crippen LogP contribution is 2.28. The lowest BCUT2D eigenvalue weighted by atomic mass is 10.2. The molecule has 1 amide bonds. The molecule has 2 aromatic rings. The van der Waals surface area contributed by atoms with E-state index in [0.29, 0.717) is 12.3 Å². The van der Waals surface area contributed by atoms with E-state index in [9.17, 15) is 4.79 Å². The summed E-state index contributed by atoms with van der Waals surface area (Å²) in [6.45, 7) is 5.75. The number of para-hydroxylation sites is 2. The zero-order valence-corrected chi connectivity index (χ0v) is 16.2. The summed E-state index contributed by atoms with van der Waals surface area (Å²) in [4.78, 5) is 16.9. The Hall–Kier alpha value is -2.73. The first-order chi connectivity index (χ1) is 13.1. The number of piperazine rings is 1. The quantitative estimate of drug-likeness (QED) is 0.849. The van der Waals surface area contributed by atoms with Crippen LogP contribution in [0.5, 0.6) is 11.5 Å². The third kappa shape index (κ3) is 4.71. The van der Waals surface area contributed by atoms with Gasteiger partial charge in [-0.15, -0.1) is 0 Å². The van der Waals surface area contributed by atoms with Crippen LogP contribution in [-0.4, -0.2) is 57.8 Å². The topological polar surface area (TPSA) is 54.0 Å². The van der Waals surface area contributed by atoms with Crippen LogP contribution in [-0.2, 0) is 4.79 Å². The Morgan fingerprint density at radius 2 is 1.70 bits per heavy atom. The molecule has 1 saturated heterocycles. The van der Waals surface area contributed by atoms with Gasteiger partial charge in [-0.1, -0.05) is 18.2 Å². The molecule has 0 unspecified atom stereocenters. The fraction of sp³-hybridized carbons (Fsp3) is 0.381. The molecule has 0 spiro atoms. The summed E-state index contributed by atoms with van der Waals surface area (Å²) in [6.07, 6.45) is 0. The third-order valence-corrected chi connectivity index (χ3v) is 4.79. The van der Waals surface area contributed by atoms with Gasteiger partial charge in [0.1, 0.15) is 11.5 Å². The van der Waals surface area contributed by atoms with Gasteiger partial charge in [0.2, 0.25) is 5.91 Å². The molecule has 2 aromatic carbocycles. The van der Waals surface area contributed by atoms with E-state index in [1.165, 1.54) is 0 Å². The average Bonchev–Trinajstić information content (AvgIpc) is 2.68. The van der Waals surface area contributed by atoms with E-state index in [2.05, 4.69) is 21.2 Å². The van der Waals surface area contributed by atoms with Crippen LogP contribution in [0.1, 0.15) is 5.56 Å². The molecule has 144 valence electrons. The van der Waals surface area contributed by atoms with Gasteiger partial charge in [-0.2, -0.15) is 0 Å². The van der Waals surface area contributed by atoms with E-state index in [-0.39, 0.29) is 5.91 Å². The Labute approximate surface area is 160 Å². The fourth-order valence-corrected chi connectivity index (χ4v) is 3.35. The first kappa shape index (κ1) is 19.0. The number of amides is 1. The van der Waals surface area contributed by atoms with E-state index in [4.69, 9.17) is 9.47 Å². The maximum Gasteiger partial charge on any atom is 0.238 e. The summed E-state index contributed by atoms with van der Waals surface area (Å²) >= 11 is 0. The van der Waals surface area contributed by atoms with Crippen molar-refractivity contribution in [2.24, 2.45) is 0 Å². The molecule has 27 heavy (non-hydrogen) atoms. The van der Waals surface area contributed by atoms with Gasteiger partial charge in [-0.05, 0) is 36.8 Å². The minimum absolute atomic E-state index is 0.0235. The summed E-state index contributed by atoms with van der Waals surface area (Å²) in [6, 6.07) is 13.8. The number of rotatable bonds is 6. The number of carbonyl (C=O) groups excluding carboxylic acids is 1. The number of nitrogens with one attached hydrogen (secondary N) is 1. The van der Waals surface area contributed by atoms with Gasteiger partial charge < -0.3 is 19.7 Å². The summed E-state index contributed by atoms with van der Waals surface area (Å²) in [5, 5.41) is 2.97. The van der Waals surface area contributed by atoms with Crippen LogP contribution in [0.25, 0.3) is 0 Å². The highest BCUT2D eigenvalue weighted by Gasteiger charge is 2.21. The minimum Gasteiger partial charge on any atom is -0.495 e. The number of hydrogen-bond acceptors (Lipinski definition) is 5. The maximum absolute atomic E-state index is 12.5. The van der Waals surface area contributed by atoms with Crippen LogP contribution in [0.3, 0.4) is 0 Å². The molecule has 0 radical (unpaired) electrons. The fourth-order valence-electron chi connectivity index (χ4n) is 3.35. The second kappa shape index (κ2) is 8.77. The highest BCUT2D eigenvalue weighted by molar-refractivity contribution is 5.93. The van der Waals surface area contributed by atoms with E-state index < -0.39 is 0 Å². The Balaban J connectivity index is 1.55. The standard InChI is InChI=1S/C21H27N3O3/c1-16-8-9-19(26-2)17(14-16)22-21(25)15-23-10-12-24(13-11-23)18-6-4-5-7-20(18)27-3/h4-9,14H,10-13,15H2,1-3H3,(H,22,25). The molecule has 1 aliphatic heterocycles. The lowest BCUT2D eigenvalue weighted by Gasteiger charge is -2.36. The molecule has 1 aliphatic rings. The highest BCUT2D eigenvalue weighted by atomic mass is 16.5. The molecule has 0 aromatic heterocycles. The van der Waals surface area contributed by atoms with Crippen LogP contribution >= 0.6 is 0 Å². The molecule has 3 rings (SSSR count). The molecule has 6 nitrogen and oxygen atoms in total. The van der Waals surface area contributed by atoms with Crippen molar-refractivity contribution in [3.8, 4) is 11.5 Å². The number of nitrogens with zero attached hydrogens (tertiary/aromatic N) is 2. The Kier molecular flexibility index (Phi) is 6.19. The van der Waals surface area contributed by atoms with Crippen LogP contribution in [0.4, 0.5) is 11.4 Å². The summed E-state index contributed by atoms with van der Waals surface area (Å²) in [7, 11) is 3.30. The predicted octanol–water partition coefficient (Wildman–Crippen LogP) is 2.77. The van der Waals surface area contributed by atoms with Gasteiger partial charge >= 0.3 is 0 Å². The van der Waals surface area contributed by atoms with E-state index in [1.807, 2.05) is 43.3 Å². The van der Waals surface area contributed by atoms with Crippen LogP contribution < -0.4 is 19.7 Å². The second-order valence-corrected chi connectivity index (χ2v) is 6.69. The summed E-state index contributed by atoms with van der Waals surface area (Å²) in [5.74, 6) is 1.54. The maximum atomic E-state index is 12.5. The van der Waals surface area contributed by atoms with Gasteiger partial charge in [-0.3, -0.25) is 9.69 Å². The van der Waals surface area contributed by atoms with E-state index >= 15 is 0 Å². The monoisotopic (exact) mass is 369 g/mol. The van der Waals surface area contributed by atoms with Gasteiger partial charge in [0.15, 0.2) is 0 Å². The number of methoxy groups -OCH3 is 2. The van der Waals surface area contributed by atoms with Crippen molar-refractivity contribution in [2.75, 3.05) is 57.2 Å². The molecule has 1 heterocycles. The van der Waals surface area contributed by atoms with Crippen molar-refractivity contribution in [3.63, 3.8) is 0 Å². The lowest BCUT2D eigenvalue weighted by Crippen LogP contribution is -2.48.